The van der Waals surface area contributed by atoms with Crippen molar-refractivity contribution in [1.29, 1.82) is 0 Å². The number of carboxylic acids is 1. The Morgan fingerprint density at radius 1 is 0.882 bits per heavy atom. The van der Waals surface area contributed by atoms with Gasteiger partial charge in [-0.2, -0.15) is 19.2 Å². The van der Waals surface area contributed by atoms with E-state index in [0.29, 0.717) is 11.1 Å². The van der Waals surface area contributed by atoms with Gasteiger partial charge in [-0.15, -0.1) is 0 Å². The molecule has 270 valence electrons. The first-order chi connectivity index (χ1) is 23.8. The maximum atomic E-state index is 17.4. The lowest BCUT2D eigenvalue weighted by Crippen LogP contribution is -2.50. The van der Waals surface area contributed by atoms with E-state index in [1.165, 1.54) is 0 Å². The Balaban J connectivity index is 0.000000909. The Kier molecular flexibility index (Phi) is 11.2. The molecule has 6 rings (SSSR count). The van der Waals surface area contributed by atoms with Crippen LogP contribution in [-0.2, 0) is 19.2 Å². The summed E-state index contributed by atoms with van der Waals surface area (Å²) in [5.74, 6) is -6.78. The number of halogens is 3. The highest BCUT2D eigenvalue weighted by atomic mass is 28.3. The van der Waals surface area contributed by atoms with Gasteiger partial charge < -0.3 is 14.8 Å². The summed E-state index contributed by atoms with van der Waals surface area (Å²) in [6, 6.07) is 6.06. The van der Waals surface area contributed by atoms with E-state index in [1.807, 2.05) is 65.8 Å². The van der Waals surface area contributed by atoms with Crippen molar-refractivity contribution in [1.82, 2.24) is 0 Å². The van der Waals surface area contributed by atoms with Crippen LogP contribution in [0.2, 0.25) is 13.1 Å². The maximum absolute atomic E-state index is 17.4. The monoisotopic (exact) mass is 720 g/mol. The summed E-state index contributed by atoms with van der Waals surface area (Å²) in [6.45, 7) is 19.5. The van der Waals surface area contributed by atoms with E-state index in [9.17, 15) is 9.90 Å². The molecule has 12 heteroatoms. The summed E-state index contributed by atoms with van der Waals surface area (Å²) in [5.41, 5.74) is 0.492. The Labute approximate surface area is 297 Å². The fourth-order valence-corrected chi connectivity index (χ4v) is 11.2. The third-order valence-electron chi connectivity index (χ3n) is 10.2. The van der Waals surface area contributed by atoms with E-state index in [4.69, 9.17) is 19.2 Å². The zero-order valence-electron chi connectivity index (χ0n) is 30.3. The number of fused-ring (bicyclic) bond motifs is 2. The topological polar surface area (TPSA) is 115 Å². The van der Waals surface area contributed by atoms with Crippen molar-refractivity contribution in [2.24, 2.45) is 10.8 Å². The number of allylic oxidation sites excluding steroid dienone is 5. The number of carbonyl (C=O) groups excluding carboxylic acids is 5. The number of hydrogen-bond donors (Lipinski definition) is 0. The number of hydrogen-bond acceptors (Lipinski definition) is 7. The van der Waals surface area contributed by atoms with E-state index < -0.39 is 64.9 Å². The van der Waals surface area contributed by atoms with Crippen molar-refractivity contribution in [2.75, 3.05) is 31.1 Å². The normalized spacial score (nSPS) is 17.3. The van der Waals surface area contributed by atoms with Gasteiger partial charge >= 0.3 is 12.3 Å². The predicted octanol–water partition coefficient (Wildman–Crippen LogP) is 5.31. The molecule has 0 radical (unpaired) electrons. The molecule has 0 atom stereocenters. The molecular formula is C39H43F3N2O6Si. The first-order valence-corrected chi connectivity index (χ1v) is 19.8. The third kappa shape index (κ3) is 7.13. The van der Waals surface area contributed by atoms with Crippen LogP contribution < -0.4 is 15.2 Å². The fourth-order valence-electron chi connectivity index (χ4n) is 8.16. The minimum Gasteiger partial charge on any atom is -0.545 e. The van der Waals surface area contributed by atoms with E-state index >= 15 is 13.2 Å². The van der Waals surface area contributed by atoms with Crippen molar-refractivity contribution < 1.29 is 46.8 Å². The minimum atomic E-state index is -2.45. The van der Waals surface area contributed by atoms with Gasteiger partial charge in [0.15, 0.2) is 17.3 Å². The molecular weight excluding hydrogens is 678 g/mol. The number of benzene rings is 2. The van der Waals surface area contributed by atoms with Crippen LogP contribution in [-0.4, -0.2) is 62.8 Å². The van der Waals surface area contributed by atoms with Gasteiger partial charge in [-0.3, -0.25) is 0 Å². The van der Waals surface area contributed by atoms with Gasteiger partial charge in [0.25, 0.3) is 0 Å². The zero-order chi connectivity index (χ0) is 38.2. The molecule has 2 saturated heterocycles. The van der Waals surface area contributed by atoms with Crippen LogP contribution in [0.4, 0.5) is 18.9 Å². The van der Waals surface area contributed by atoms with Gasteiger partial charge in [0.2, 0.25) is 0 Å². The maximum Gasteiger partial charge on any atom is 0.373 e. The lowest BCUT2D eigenvalue weighted by atomic mass is 9.63. The minimum absolute atomic E-state index is 0.250. The second kappa shape index (κ2) is 14.5. The molecule has 8 nitrogen and oxygen atoms in total. The molecule has 3 heterocycles. The van der Waals surface area contributed by atoms with Crippen LogP contribution in [0.1, 0.15) is 87.4 Å². The smallest absolute Gasteiger partial charge is 0.373 e. The van der Waals surface area contributed by atoms with Gasteiger partial charge in [0.1, 0.15) is 27.0 Å². The van der Waals surface area contributed by atoms with Crippen LogP contribution >= 0.6 is 0 Å². The molecule has 51 heavy (non-hydrogen) atoms. The van der Waals surface area contributed by atoms with E-state index in [-0.39, 0.29) is 17.9 Å². The summed E-state index contributed by atoms with van der Waals surface area (Å²) >= 11 is 0. The highest BCUT2D eigenvalue weighted by Gasteiger charge is 2.46. The van der Waals surface area contributed by atoms with Crippen molar-refractivity contribution in [3.63, 3.8) is 0 Å². The van der Waals surface area contributed by atoms with Crippen molar-refractivity contribution >= 4 is 48.5 Å². The Hall–Kier alpha value is -4.63. The van der Waals surface area contributed by atoms with Crippen LogP contribution in [0, 0.1) is 28.3 Å². The first-order valence-electron chi connectivity index (χ1n) is 16.8. The molecule has 0 aromatic heterocycles. The summed E-state index contributed by atoms with van der Waals surface area (Å²) in [7, 11) is -2.45. The SMILES string of the molecule is CC(C)(C)C(c1c(F)c(F)c(C(=O)[O-])c(C2=C3C=CC(=[N+]4CCC4)C=C3[Si](C)(C)c3cc(N4CCC4)ccc32)c1F)C(C)(C)C.O=C=O.O=C=O. The van der Waals surface area contributed by atoms with Gasteiger partial charge in [-0.05, 0) is 68.5 Å². The quantitative estimate of drug-likeness (QED) is 0.239. The lowest BCUT2D eigenvalue weighted by Gasteiger charge is -2.43. The molecule has 1 aliphatic carbocycles. The van der Waals surface area contributed by atoms with Crippen molar-refractivity contribution in [3.05, 3.63) is 86.9 Å². The van der Waals surface area contributed by atoms with E-state index in [0.717, 1.165) is 60.8 Å². The van der Waals surface area contributed by atoms with E-state index in [1.54, 1.807) is 0 Å². The second-order valence-corrected chi connectivity index (χ2v) is 20.2. The summed E-state index contributed by atoms with van der Waals surface area (Å²) in [5, 5.41) is 14.7. The molecule has 0 N–H and O–H groups in total. The van der Waals surface area contributed by atoms with Crippen molar-refractivity contribution in [2.45, 2.75) is 73.4 Å². The van der Waals surface area contributed by atoms with Gasteiger partial charge in [0.05, 0.1) is 12.4 Å². The summed E-state index contributed by atoms with van der Waals surface area (Å²) in [4.78, 5) is 47.5. The van der Waals surface area contributed by atoms with Crippen LogP contribution in [0.3, 0.4) is 0 Å². The number of nitrogens with zero attached hydrogens (tertiary/aromatic N) is 2. The molecule has 2 aromatic carbocycles. The first kappa shape index (κ1) is 39.2. The molecule has 0 unspecified atom stereocenters. The Morgan fingerprint density at radius 3 is 1.90 bits per heavy atom. The molecule has 0 saturated carbocycles. The predicted molar refractivity (Wildman–Crippen MR) is 186 cm³/mol. The second-order valence-electron chi connectivity index (χ2n) is 15.9. The molecule has 0 amide bonds. The molecule has 0 bridgehead atoms. The summed E-state index contributed by atoms with van der Waals surface area (Å²) < 4.78 is 52.0. The standard InChI is InChI=1S/C37H43F3N2O2Si.2CO2/c1-36(2,3)34(37(4,5)6)30-31(38)28(29(35(43)44)32(39)33(30)40)27-23-13-11-21(41-15-9-16-41)19-25(23)45(7,8)26-20-22(12-14-24(26)27)42-17-10-18-42;2*2-1-3/h11-14,19-20,34H,9-10,15-18H2,1-8H3;;. The average molecular weight is 721 g/mol. The molecule has 4 aliphatic rings. The Bertz CT molecular complexity index is 1930. The average Bonchev–Trinajstić information content (AvgIpc) is 2.96. The lowest BCUT2D eigenvalue weighted by molar-refractivity contribution is -0.582. The zero-order valence-corrected chi connectivity index (χ0v) is 31.3. The number of anilines is 1. The van der Waals surface area contributed by atoms with Crippen LogP contribution in [0.5, 0.6) is 0 Å². The number of carboxylic acid groups (broad SMARTS) is 1. The van der Waals surface area contributed by atoms with E-state index in [2.05, 4.69) is 34.7 Å². The van der Waals surface area contributed by atoms with Crippen LogP contribution in [0.25, 0.3) is 5.57 Å². The number of aromatic carboxylic acids is 1. The van der Waals surface area contributed by atoms with Gasteiger partial charge in [-0.1, -0.05) is 60.7 Å². The third-order valence-corrected chi connectivity index (χ3v) is 13.7. The largest absolute Gasteiger partial charge is 0.545 e. The van der Waals surface area contributed by atoms with Gasteiger partial charge in [-0.25, -0.2) is 17.7 Å². The molecule has 2 fully saturated rings. The summed E-state index contributed by atoms with van der Waals surface area (Å²) in [6.07, 6.45) is 8.77. The van der Waals surface area contributed by atoms with Gasteiger partial charge in [0, 0.05) is 47.6 Å². The Morgan fingerprint density at radius 2 is 1.45 bits per heavy atom. The molecule has 3 aliphatic heterocycles. The van der Waals surface area contributed by atoms with Crippen molar-refractivity contribution in [3.8, 4) is 0 Å². The number of carbonyl (C=O) groups is 1. The highest BCUT2D eigenvalue weighted by Crippen LogP contribution is 2.52. The molecule has 2 aromatic rings. The fraction of sp³-hybridized carbons (Fsp3) is 0.436. The van der Waals surface area contributed by atoms with Crippen LogP contribution in [0.15, 0.2) is 47.2 Å². The highest BCUT2D eigenvalue weighted by molar-refractivity contribution is 6.98. The number of rotatable bonds is 4. The molecule has 0 spiro atoms.